The molecule has 1 N–H and O–H groups in total. The molecule has 0 aliphatic rings. The van der Waals surface area contributed by atoms with Gasteiger partial charge in [0.25, 0.3) is 5.56 Å². The normalized spacial score (nSPS) is 12.3. The summed E-state index contributed by atoms with van der Waals surface area (Å²) in [4.78, 5) is 17.5. The molecule has 35 heavy (non-hydrogen) atoms. The van der Waals surface area contributed by atoms with E-state index in [0.29, 0.717) is 28.5 Å². The van der Waals surface area contributed by atoms with Gasteiger partial charge in [0.1, 0.15) is 5.82 Å². The maximum atomic E-state index is 13.4. The molecule has 0 fully saturated rings. The van der Waals surface area contributed by atoms with Gasteiger partial charge >= 0.3 is 6.18 Å². The fourth-order valence-corrected chi connectivity index (χ4v) is 4.95. The van der Waals surface area contributed by atoms with Crippen molar-refractivity contribution in [1.82, 2.24) is 14.3 Å². The number of nitrogens with zero attached hydrogens (tertiary/aromatic N) is 2. The summed E-state index contributed by atoms with van der Waals surface area (Å²) in [6, 6.07) is 16.0. The van der Waals surface area contributed by atoms with E-state index >= 15 is 0 Å². The summed E-state index contributed by atoms with van der Waals surface area (Å²) < 4.78 is 68.1. The van der Waals surface area contributed by atoms with Gasteiger partial charge in [0.15, 0.2) is 0 Å². The quantitative estimate of drug-likeness (QED) is 0.421. The number of alkyl halides is 3. The highest BCUT2D eigenvalue weighted by atomic mass is 32.2. The summed E-state index contributed by atoms with van der Waals surface area (Å²) in [5.74, 6) is 0.326. The third kappa shape index (κ3) is 5.13. The van der Waals surface area contributed by atoms with E-state index in [1.165, 1.54) is 4.57 Å². The van der Waals surface area contributed by atoms with Gasteiger partial charge < -0.3 is 0 Å². The topological polar surface area (TPSA) is 81.1 Å². The van der Waals surface area contributed by atoms with E-state index in [0.717, 1.165) is 29.3 Å². The molecular weight excluding hydrogens is 479 g/mol. The average Bonchev–Trinajstić information content (AvgIpc) is 2.80. The van der Waals surface area contributed by atoms with Crippen LogP contribution in [-0.4, -0.2) is 24.5 Å². The van der Waals surface area contributed by atoms with Gasteiger partial charge in [0.2, 0.25) is 10.0 Å². The van der Waals surface area contributed by atoms with E-state index in [1.54, 1.807) is 30.3 Å². The fourth-order valence-electron chi connectivity index (χ4n) is 3.87. The van der Waals surface area contributed by atoms with Crippen molar-refractivity contribution in [1.29, 1.82) is 0 Å². The van der Waals surface area contributed by atoms with Crippen LogP contribution in [0.1, 0.15) is 22.5 Å². The van der Waals surface area contributed by atoms with Crippen molar-refractivity contribution in [3.63, 3.8) is 0 Å². The van der Waals surface area contributed by atoms with Gasteiger partial charge in [-0.1, -0.05) is 35.9 Å². The van der Waals surface area contributed by atoms with Gasteiger partial charge in [-0.2, -0.15) is 13.2 Å². The van der Waals surface area contributed by atoms with Crippen LogP contribution in [-0.2, 0) is 22.6 Å². The Balaban J connectivity index is 1.69. The Kier molecular flexibility index (Phi) is 6.52. The third-order valence-electron chi connectivity index (χ3n) is 5.55. The number of nitrogens with one attached hydrogen (secondary N) is 1. The highest BCUT2D eigenvalue weighted by Gasteiger charge is 2.31. The Labute approximate surface area is 200 Å². The zero-order chi connectivity index (χ0) is 25.4. The Bertz CT molecular complexity index is 1580. The Morgan fingerprint density at radius 3 is 2.43 bits per heavy atom. The number of aromatic nitrogens is 2. The predicted octanol–water partition coefficient (Wildman–Crippen LogP) is 4.54. The Hall–Kier alpha value is -3.50. The van der Waals surface area contributed by atoms with Gasteiger partial charge in [-0.25, -0.2) is 18.1 Å². The van der Waals surface area contributed by atoms with Crippen molar-refractivity contribution in [3.05, 3.63) is 99.6 Å². The van der Waals surface area contributed by atoms with Gasteiger partial charge in [-0.3, -0.25) is 9.36 Å². The molecule has 0 aliphatic heterocycles. The van der Waals surface area contributed by atoms with Gasteiger partial charge in [0, 0.05) is 13.0 Å². The second-order valence-electron chi connectivity index (χ2n) is 8.15. The minimum atomic E-state index is -4.66. The van der Waals surface area contributed by atoms with E-state index in [9.17, 15) is 26.4 Å². The van der Waals surface area contributed by atoms with E-state index in [4.69, 9.17) is 0 Å². The predicted molar refractivity (Wildman–Crippen MR) is 127 cm³/mol. The lowest BCUT2D eigenvalue weighted by Gasteiger charge is -2.16. The lowest BCUT2D eigenvalue weighted by atomic mass is 10.1. The van der Waals surface area contributed by atoms with Crippen LogP contribution in [0.15, 0.2) is 76.4 Å². The molecule has 6 nitrogen and oxygen atoms in total. The molecule has 182 valence electrons. The zero-order valence-corrected chi connectivity index (χ0v) is 19.7. The van der Waals surface area contributed by atoms with Crippen LogP contribution >= 0.6 is 0 Å². The first-order valence-corrected chi connectivity index (χ1v) is 12.2. The molecule has 4 rings (SSSR count). The number of rotatable bonds is 6. The summed E-state index contributed by atoms with van der Waals surface area (Å²) in [5.41, 5.74) is 1.60. The van der Waals surface area contributed by atoms with Gasteiger partial charge in [-0.15, -0.1) is 0 Å². The van der Waals surface area contributed by atoms with Crippen molar-refractivity contribution in [2.24, 2.45) is 0 Å². The van der Waals surface area contributed by atoms with Crippen molar-refractivity contribution < 1.29 is 21.6 Å². The van der Waals surface area contributed by atoms with Gasteiger partial charge in [-0.05, 0) is 55.8 Å². The molecule has 0 spiro atoms. The fraction of sp³-hybridized carbons (Fsp3) is 0.200. The van der Waals surface area contributed by atoms with Crippen LogP contribution in [0.3, 0.4) is 0 Å². The smallest absolute Gasteiger partial charge is 0.268 e. The van der Waals surface area contributed by atoms with Crippen LogP contribution < -0.4 is 10.3 Å². The number of para-hydroxylation sites is 1. The van der Waals surface area contributed by atoms with Crippen molar-refractivity contribution in [3.8, 4) is 5.69 Å². The molecule has 1 heterocycles. The van der Waals surface area contributed by atoms with E-state index < -0.39 is 26.7 Å². The van der Waals surface area contributed by atoms with Crippen LogP contribution in [0.5, 0.6) is 0 Å². The average molecular weight is 502 g/mol. The Morgan fingerprint density at radius 2 is 1.71 bits per heavy atom. The van der Waals surface area contributed by atoms with Gasteiger partial charge in [0.05, 0.1) is 27.0 Å². The molecule has 0 saturated heterocycles. The summed E-state index contributed by atoms with van der Waals surface area (Å²) in [7, 11) is -4.22. The lowest BCUT2D eigenvalue weighted by molar-refractivity contribution is -0.137. The zero-order valence-electron chi connectivity index (χ0n) is 18.9. The largest absolute Gasteiger partial charge is 0.416 e. The number of fused-ring (bicyclic) bond motifs is 1. The number of halogens is 3. The summed E-state index contributed by atoms with van der Waals surface area (Å²) in [6.07, 6.45) is -4.63. The molecule has 0 atom stereocenters. The highest BCUT2D eigenvalue weighted by Crippen LogP contribution is 2.30. The second kappa shape index (κ2) is 9.27. The second-order valence-corrected chi connectivity index (χ2v) is 9.92. The number of sulfonamides is 1. The van der Waals surface area contributed by atoms with Crippen molar-refractivity contribution in [2.45, 2.75) is 31.3 Å². The number of benzene rings is 3. The summed E-state index contributed by atoms with van der Waals surface area (Å²) in [6.45, 7) is 3.63. The minimum Gasteiger partial charge on any atom is -0.268 e. The first-order chi connectivity index (χ1) is 16.5. The molecule has 0 radical (unpaired) electrons. The molecule has 0 unspecified atom stereocenters. The van der Waals surface area contributed by atoms with E-state index in [1.807, 2.05) is 26.0 Å². The molecule has 0 saturated carbocycles. The molecule has 3 aromatic carbocycles. The molecule has 0 aliphatic carbocycles. The lowest BCUT2D eigenvalue weighted by Crippen LogP contribution is -2.30. The summed E-state index contributed by atoms with van der Waals surface area (Å²) >= 11 is 0. The molecule has 4 aromatic rings. The molecule has 0 amide bonds. The van der Waals surface area contributed by atoms with Crippen molar-refractivity contribution in [2.75, 3.05) is 6.54 Å². The highest BCUT2D eigenvalue weighted by molar-refractivity contribution is 7.89. The number of hydrogen-bond donors (Lipinski definition) is 1. The maximum Gasteiger partial charge on any atom is 0.416 e. The maximum absolute atomic E-state index is 13.4. The number of aryl methyl sites for hydroxylation is 2. The van der Waals surface area contributed by atoms with E-state index in [2.05, 4.69) is 9.71 Å². The first kappa shape index (κ1) is 24.6. The van der Waals surface area contributed by atoms with Crippen molar-refractivity contribution >= 4 is 20.9 Å². The Morgan fingerprint density at radius 1 is 0.971 bits per heavy atom. The first-order valence-electron chi connectivity index (χ1n) is 10.7. The van der Waals surface area contributed by atoms with Crippen LogP contribution in [0.25, 0.3) is 16.6 Å². The number of hydrogen-bond acceptors (Lipinski definition) is 4. The SMILES string of the molecule is Cc1ccc(-n2c(CCNS(=O)(=O)c3cccc(C(F)(F)F)c3)nc3ccccc3c2=O)c(C)c1. The molecule has 1 aromatic heterocycles. The van der Waals surface area contributed by atoms with Crippen LogP contribution in [0, 0.1) is 13.8 Å². The summed E-state index contributed by atoms with van der Waals surface area (Å²) in [5, 5.41) is 0.417. The standard InChI is InChI=1S/C25H22F3N3O3S/c1-16-10-11-22(17(2)14-16)31-23(30-21-9-4-3-8-20(21)24(31)32)12-13-29-35(33,34)19-7-5-6-18(15-19)25(26,27)28/h3-11,14-15,29H,12-13H2,1-2H3. The monoisotopic (exact) mass is 501 g/mol. The molecule has 10 heteroatoms. The van der Waals surface area contributed by atoms with Crippen LogP contribution in [0.2, 0.25) is 0 Å². The molecular formula is C25H22F3N3O3S. The third-order valence-corrected chi connectivity index (χ3v) is 7.01. The van der Waals surface area contributed by atoms with E-state index in [-0.39, 0.29) is 18.5 Å². The minimum absolute atomic E-state index is 0.0333. The molecule has 0 bridgehead atoms. The van der Waals surface area contributed by atoms with Crippen LogP contribution in [0.4, 0.5) is 13.2 Å².